The van der Waals surface area contributed by atoms with E-state index in [0.717, 1.165) is 22.2 Å². The lowest BCUT2D eigenvalue weighted by molar-refractivity contribution is -0.133. The molecular formula is C28H28F2N4O2. The largest absolute Gasteiger partial charge is 0.339 e. The summed E-state index contributed by atoms with van der Waals surface area (Å²) in [5.41, 5.74) is 3.20. The SMILES string of the molecule is CCn1c(=O)n(CC(=O)N2CCN(C(c3ccc(F)cc3)c3ccc(F)cc3)CC2)c2ccccc21. The van der Waals surface area contributed by atoms with Crippen LogP contribution in [0.3, 0.4) is 0 Å². The van der Waals surface area contributed by atoms with Crippen LogP contribution in [-0.4, -0.2) is 51.0 Å². The number of fused-ring (bicyclic) bond motifs is 1. The van der Waals surface area contributed by atoms with Gasteiger partial charge < -0.3 is 4.90 Å². The number of carbonyl (C=O) groups is 1. The zero-order valence-corrected chi connectivity index (χ0v) is 20.1. The Bertz CT molecular complexity index is 1370. The lowest BCUT2D eigenvalue weighted by Gasteiger charge is -2.39. The molecule has 1 aromatic heterocycles. The molecule has 186 valence electrons. The predicted octanol–water partition coefficient (Wildman–Crippen LogP) is 4.03. The van der Waals surface area contributed by atoms with Gasteiger partial charge in [0.2, 0.25) is 5.91 Å². The molecule has 0 aliphatic carbocycles. The summed E-state index contributed by atoms with van der Waals surface area (Å²) in [6.45, 7) is 4.63. The minimum atomic E-state index is -0.313. The smallest absolute Gasteiger partial charge is 0.329 e. The van der Waals surface area contributed by atoms with Crippen molar-refractivity contribution in [2.75, 3.05) is 26.2 Å². The number of rotatable bonds is 6. The molecule has 1 aliphatic heterocycles. The standard InChI is InChI=1S/C28H28F2N4O2/c1-2-33-24-5-3-4-6-25(24)34(28(33)36)19-26(35)31-15-17-32(18-16-31)27(20-7-11-22(29)12-8-20)21-9-13-23(30)14-10-21/h3-14,27H,2,15-19H2,1H3. The van der Waals surface area contributed by atoms with Crippen molar-refractivity contribution in [3.05, 3.63) is 106 Å². The maximum atomic E-state index is 13.6. The molecule has 3 aromatic carbocycles. The Morgan fingerprint density at radius 3 is 1.78 bits per heavy atom. The molecule has 5 rings (SSSR count). The van der Waals surface area contributed by atoms with Crippen molar-refractivity contribution < 1.29 is 13.6 Å². The van der Waals surface area contributed by atoms with Crippen LogP contribution in [0.4, 0.5) is 8.78 Å². The van der Waals surface area contributed by atoms with E-state index in [1.165, 1.54) is 24.3 Å². The van der Waals surface area contributed by atoms with Crippen LogP contribution in [0.1, 0.15) is 24.1 Å². The lowest BCUT2D eigenvalue weighted by Crippen LogP contribution is -2.51. The third kappa shape index (κ3) is 4.56. The van der Waals surface area contributed by atoms with E-state index in [0.29, 0.717) is 32.7 Å². The summed E-state index contributed by atoms with van der Waals surface area (Å²) in [5.74, 6) is -0.728. The van der Waals surface area contributed by atoms with E-state index in [1.807, 2.05) is 31.2 Å². The molecule has 6 nitrogen and oxygen atoms in total. The number of halogens is 2. The van der Waals surface area contributed by atoms with Gasteiger partial charge in [-0.05, 0) is 54.4 Å². The number of imidazole rings is 1. The first kappa shape index (κ1) is 23.9. The van der Waals surface area contributed by atoms with E-state index in [9.17, 15) is 18.4 Å². The molecule has 1 aliphatic rings. The molecule has 0 bridgehead atoms. The minimum Gasteiger partial charge on any atom is -0.339 e. The van der Waals surface area contributed by atoms with Gasteiger partial charge in [-0.1, -0.05) is 36.4 Å². The highest BCUT2D eigenvalue weighted by molar-refractivity contribution is 5.81. The summed E-state index contributed by atoms with van der Waals surface area (Å²) in [7, 11) is 0. The van der Waals surface area contributed by atoms with Crippen molar-refractivity contribution >= 4 is 16.9 Å². The Kier molecular flexibility index (Phi) is 6.69. The molecule has 1 amide bonds. The third-order valence-corrected chi connectivity index (χ3v) is 6.94. The second kappa shape index (κ2) is 10.1. The van der Waals surface area contributed by atoms with E-state index in [4.69, 9.17) is 0 Å². The molecule has 1 saturated heterocycles. The van der Waals surface area contributed by atoms with Crippen LogP contribution in [0.25, 0.3) is 11.0 Å². The normalized spacial score (nSPS) is 14.6. The van der Waals surface area contributed by atoms with E-state index in [1.54, 1.807) is 38.3 Å². The average molecular weight is 491 g/mol. The average Bonchev–Trinajstić information content (AvgIpc) is 3.17. The number of para-hydroxylation sites is 2. The number of nitrogens with zero attached hydrogens (tertiary/aromatic N) is 4. The highest BCUT2D eigenvalue weighted by Crippen LogP contribution is 2.30. The molecule has 0 radical (unpaired) electrons. The number of hydrogen-bond donors (Lipinski definition) is 0. The predicted molar refractivity (Wildman–Crippen MR) is 135 cm³/mol. The highest BCUT2D eigenvalue weighted by atomic mass is 19.1. The van der Waals surface area contributed by atoms with Gasteiger partial charge in [0.05, 0.1) is 17.1 Å². The van der Waals surface area contributed by atoms with Crippen LogP contribution in [-0.2, 0) is 17.9 Å². The van der Waals surface area contributed by atoms with Gasteiger partial charge in [-0.3, -0.25) is 18.8 Å². The van der Waals surface area contributed by atoms with Gasteiger partial charge in [0.15, 0.2) is 0 Å². The van der Waals surface area contributed by atoms with Crippen LogP contribution in [0, 0.1) is 11.6 Å². The third-order valence-electron chi connectivity index (χ3n) is 6.94. The van der Waals surface area contributed by atoms with Crippen molar-refractivity contribution in [3.8, 4) is 0 Å². The Labute approximate surface area is 208 Å². The Balaban J connectivity index is 1.33. The number of aromatic nitrogens is 2. The molecular weight excluding hydrogens is 462 g/mol. The van der Waals surface area contributed by atoms with Crippen LogP contribution in [0.5, 0.6) is 0 Å². The second-order valence-electron chi connectivity index (χ2n) is 9.02. The maximum Gasteiger partial charge on any atom is 0.329 e. The van der Waals surface area contributed by atoms with Crippen LogP contribution in [0.15, 0.2) is 77.6 Å². The lowest BCUT2D eigenvalue weighted by atomic mass is 9.96. The summed E-state index contributed by atoms with van der Waals surface area (Å²) in [6.07, 6.45) is 0. The van der Waals surface area contributed by atoms with Gasteiger partial charge in [-0.2, -0.15) is 0 Å². The summed E-state index contributed by atoms with van der Waals surface area (Å²) in [4.78, 5) is 30.1. The maximum absolute atomic E-state index is 13.6. The van der Waals surface area contributed by atoms with Crippen LogP contribution >= 0.6 is 0 Å². The van der Waals surface area contributed by atoms with Crippen molar-refractivity contribution in [1.82, 2.24) is 18.9 Å². The zero-order valence-electron chi connectivity index (χ0n) is 20.1. The fourth-order valence-corrected chi connectivity index (χ4v) is 5.10. The molecule has 36 heavy (non-hydrogen) atoms. The first-order valence-electron chi connectivity index (χ1n) is 12.2. The molecule has 0 unspecified atom stereocenters. The summed E-state index contributed by atoms with van der Waals surface area (Å²) in [6, 6.07) is 20.0. The van der Waals surface area contributed by atoms with Gasteiger partial charge in [0.1, 0.15) is 18.2 Å². The fourth-order valence-electron chi connectivity index (χ4n) is 5.10. The number of hydrogen-bond acceptors (Lipinski definition) is 3. The zero-order chi connectivity index (χ0) is 25.2. The summed E-state index contributed by atoms with van der Waals surface area (Å²) < 4.78 is 30.4. The van der Waals surface area contributed by atoms with Crippen molar-refractivity contribution in [2.45, 2.75) is 26.1 Å². The van der Waals surface area contributed by atoms with Gasteiger partial charge >= 0.3 is 5.69 Å². The minimum absolute atomic E-state index is 0.00823. The van der Waals surface area contributed by atoms with E-state index < -0.39 is 0 Å². The van der Waals surface area contributed by atoms with E-state index in [2.05, 4.69) is 4.90 Å². The molecule has 0 atom stereocenters. The molecule has 0 saturated carbocycles. The molecule has 8 heteroatoms. The molecule has 1 fully saturated rings. The van der Waals surface area contributed by atoms with Gasteiger partial charge in [0, 0.05) is 32.7 Å². The quantitative estimate of drug-likeness (QED) is 0.410. The Morgan fingerprint density at radius 1 is 0.778 bits per heavy atom. The molecule has 0 spiro atoms. The molecule has 4 aromatic rings. The highest BCUT2D eigenvalue weighted by Gasteiger charge is 2.29. The molecule has 0 N–H and O–H groups in total. The van der Waals surface area contributed by atoms with Crippen molar-refractivity contribution in [2.24, 2.45) is 0 Å². The van der Waals surface area contributed by atoms with E-state index in [-0.39, 0.29) is 35.8 Å². The first-order valence-corrected chi connectivity index (χ1v) is 12.2. The summed E-state index contributed by atoms with van der Waals surface area (Å²) >= 11 is 0. The number of benzene rings is 3. The fraction of sp³-hybridized carbons (Fsp3) is 0.286. The Morgan fingerprint density at radius 2 is 1.28 bits per heavy atom. The van der Waals surface area contributed by atoms with Gasteiger partial charge in [-0.15, -0.1) is 0 Å². The van der Waals surface area contributed by atoms with Crippen molar-refractivity contribution in [1.29, 1.82) is 0 Å². The van der Waals surface area contributed by atoms with E-state index >= 15 is 0 Å². The number of piperazine rings is 1. The van der Waals surface area contributed by atoms with Crippen molar-refractivity contribution in [3.63, 3.8) is 0 Å². The summed E-state index contributed by atoms with van der Waals surface area (Å²) in [5, 5.41) is 0. The molecule has 2 heterocycles. The van der Waals surface area contributed by atoms with Crippen LogP contribution in [0.2, 0.25) is 0 Å². The first-order chi connectivity index (χ1) is 17.5. The van der Waals surface area contributed by atoms with Gasteiger partial charge in [0.25, 0.3) is 0 Å². The van der Waals surface area contributed by atoms with Gasteiger partial charge in [-0.25, -0.2) is 13.6 Å². The second-order valence-corrected chi connectivity index (χ2v) is 9.02. The number of carbonyl (C=O) groups excluding carboxylic acids is 1. The van der Waals surface area contributed by atoms with Crippen LogP contribution < -0.4 is 5.69 Å². The monoisotopic (exact) mass is 490 g/mol. The topological polar surface area (TPSA) is 50.5 Å². The number of amides is 1. The number of aryl methyl sites for hydroxylation is 1. The Hall–Kier alpha value is -3.78.